The van der Waals surface area contributed by atoms with Gasteiger partial charge in [0.2, 0.25) is 0 Å². The lowest BCUT2D eigenvalue weighted by Gasteiger charge is -2.18. The summed E-state index contributed by atoms with van der Waals surface area (Å²) in [6.07, 6.45) is -0.536. The Bertz CT molecular complexity index is 453. The van der Waals surface area contributed by atoms with Gasteiger partial charge in [-0.3, -0.25) is 4.79 Å². The minimum Gasteiger partial charge on any atom is -0.468 e. The van der Waals surface area contributed by atoms with Crippen molar-refractivity contribution in [3.05, 3.63) is 35.9 Å². The monoisotopic (exact) mass is 310 g/mol. The Hall–Kier alpha value is -2.12. The van der Waals surface area contributed by atoms with Crippen molar-refractivity contribution >= 4 is 12.1 Å². The van der Waals surface area contributed by atoms with Gasteiger partial charge in [-0.05, 0) is 5.56 Å². The standard InChI is InChI=1S/C15H22N2O5/c1-20-11-13(8-16-9-14(18)21-2)17-15(19)22-10-12-6-4-3-5-7-12/h3-7,13,16H,8-11H2,1-2H3,(H,17,19)/t13-/m1/s1. The Kier molecular flexibility index (Phi) is 8.63. The highest BCUT2D eigenvalue weighted by Crippen LogP contribution is 2.00. The van der Waals surface area contributed by atoms with Crippen LogP contribution in [0, 0.1) is 0 Å². The maximum absolute atomic E-state index is 11.7. The molecule has 0 aliphatic heterocycles. The molecular weight excluding hydrogens is 288 g/mol. The largest absolute Gasteiger partial charge is 0.468 e. The molecule has 0 unspecified atom stereocenters. The van der Waals surface area contributed by atoms with Crippen LogP contribution in [0.1, 0.15) is 5.56 Å². The normalized spacial score (nSPS) is 11.5. The highest BCUT2D eigenvalue weighted by atomic mass is 16.5. The van der Waals surface area contributed by atoms with Crippen molar-refractivity contribution in [2.24, 2.45) is 0 Å². The van der Waals surface area contributed by atoms with Crippen LogP contribution in [0.4, 0.5) is 4.79 Å². The first-order valence-corrected chi connectivity index (χ1v) is 6.89. The lowest BCUT2D eigenvalue weighted by Crippen LogP contribution is -2.46. The summed E-state index contributed by atoms with van der Waals surface area (Å²) < 4.78 is 14.7. The molecule has 0 saturated carbocycles. The molecule has 1 rings (SSSR count). The van der Waals surface area contributed by atoms with Gasteiger partial charge in [-0.1, -0.05) is 30.3 Å². The number of benzene rings is 1. The molecule has 0 aromatic heterocycles. The van der Waals surface area contributed by atoms with Gasteiger partial charge in [0.25, 0.3) is 0 Å². The predicted molar refractivity (Wildman–Crippen MR) is 80.3 cm³/mol. The van der Waals surface area contributed by atoms with Crippen LogP contribution in [0.2, 0.25) is 0 Å². The van der Waals surface area contributed by atoms with Gasteiger partial charge in [-0.2, -0.15) is 0 Å². The molecule has 0 aliphatic rings. The third-order valence-corrected chi connectivity index (χ3v) is 2.79. The summed E-state index contributed by atoms with van der Waals surface area (Å²) in [5, 5.41) is 5.55. The molecule has 7 nitrogen and oxygen atoms in total. The van der Waals surface area contributed by atoms with E-state index in [2.05, 4.69) is 15.4 Å². The van der Waals surface area contributed by atoms with Crippen molar-refractivity contribution in [2.45, 2.75) is 12.6 Å². The Morgan fingerprint density at radius 1 is 1.18 bits per heavy atom. The summed E-state index contributed by atoms with van der Waals surface area (Å²) in [5.74, 6) is -0.372. The quantitative estimate of drug-likeness (QED) is 0.653. The first kappa shape index (κ1) is 17.9. The molecular formula is C15H22N2O5. The third-order valence-electron chi connectivity index (χ3n) is 2.79. The van der Waals surface area contributed by atoms with Gasteiger partial charge in [-0.15, -0.1) is 0 Å². The Labute approximate surface area is 129 Å². The second kappa shape index (κ2) is 10.6. The van der Waals surface area contributed by atoms with Crippen molar-refractivity contribution < 1.29 is 23.8 Å². The lowest BCUT2D eigenvalue weighted by molar-refractivity contribution is -0.139. The van der Waals surface area contributed by atoms with E-state index >= 15 is 0 Å². The molecule has 2 N–H and O–H groups in total. The smallest absolute Gasteiger partial charge is 0.407 e. The van der Waals surface area contributed by atoms with E-state index in [1.807, 2.05) is 30.3 Å². The molecule has 122 valence electrons. The van der Waals surface area contributed by atoms with Gasteiger partial charge in [0.05, 0.1) is 26.3 Å². The molecule has 0 heterocycles. The number of ether oxygens (including phenoxy) is 3. The molecule has 1 amide bonds. The van der Waals surface area contributed by atoms with Gasteiger partial charge in [0, 0.05) is 13.7 Å². The van der Waals surface area contributed by atoms with Gasteiger partial charge >= 0.3 is 12.1 Å². The number of methoxy groups -OCH3 is 2. The van der Waals surface area contributed by atoms with Crippen LogP contribution in [0.3, 0.4) is 0 Å². The number of amides is 1. The SMILES string of the molecule is COC[C@@H](CNCC(=O)OC)NC(=O)OCc1ccccc1. The molecule has 0 bridgehead atoms. The maximum atomic E-state index is 11.7. The number of esters is 1. The van der Waals surface area contributed by atoms with Crippen LogP contribution < -0.4 is 10.6 Å². The second-order valence-corrected chi connectivity index (χ2v) is 4.57. The van der Waals surface area contributed by atoms with E-state index in [-0.39, 0.29) is 25.2 Å². The average molecular weight is 310 g/mol. The zero-order chi connectivity index (χ0) is 16.2. The van der Waals surface area contributed by atoms with Gasteiger partial charge in [0.1, 0.15) is 6.61 Å². The predicted octanol–water partition coefficient (Wildman–Crippen LogP) is 0.690. The first-order chi connectivity index (χ1) is 10.7. The summed E-state index contributed by atoms with van der Waals surface area (Å²) in [4.78, 5) is 22.8. The van der Waals surface area contributed by atoms with Crippen LogP contribution in [0.25, 0.3) is 0 Å². The van der Waals surface area contributed by atoms with Gasteiger partial charge in [0.15, 0.2) is 0 Å². The highest BCUT2D eigenvalue weighted by molar-refractivity contribution is 5.71. The summed E-state index contributed by atoms with van der Waals surface area (Å²) in [7, 11) is 2.85. The van der Waals surface area contributed by atoms with E-state index in [0.717, 1.165) is 5.56 Å². The fourth-order valence-electron chi connectivity index (χ4n) is 1.70. The summed E-state index contributed by atoms with van der Waals surface area (Å²) in [6.45, 7) is 0.928. The van der Waals surface area contributed by atoms with Crippen molar-refractivity contribution in [3.8, 4) is 0 Å². The van der Waals surface area contributed by atoms with E-state index in [4.69, 9.17) is 9.47 Å². The number of nitrogens with one attached hydrogen (secondary N) is 2. The zero-order valence-corrected chi connectivity index (χ0v) is 12.8. The molecule has 1 aromatic rings. The maximum Gasteiger partial charge on any atom is 0.407 e. The van der Waals surface area contributed by atoms with E-state index in [1.54, 1.807) is 0 Å². The number of rotatable bonds is 9. The molecule has 0 saturated heterocycles. The van der Waals surface area contributed by atoms with Crippen LogP contribution >= 0.6 is 0 Å². The van der Waals surface area contributed by atoms with E-state index in [9.17, 15) is 9.59 Å². The van der Waals surface area contributed by atoms with Crippen LogP contribution in [0.5, 0.6) is 0 Å². The molecule has 0 aliphatic carbocycles. The van der Waals surface area contributed by atoms with Crippen molar-refractivity contribution in [3.63, 3.8) is 0 Å². The molecule has 0 spiro atoms. The molecule has 22 heavy (non-hydrogen) atoms. The highest BCUT2D eigenvalue weighted by Gasteiger charge is 2.13. The number of alkyl carbamates (subject to hydrolysis) is 1. The summed E-state index contributed by atoms with van der Waals surface area (Å²) >= 11 is 0. The van der Waals surface area contributed by atoms with E-state index < -0.39 is 6.09 Å². The average Bonchev–Trinajstić information content (AvgIpc) is 2.54. The van der Waals surface area contributed by atoms with Gasteiger partial charge in [-0.25, -0.2) is 4.79 Å². The fraction of sp³-hybridized carbons (Fsp3) is 0.467. The van der Waals surface area contributed by atoms with Crippen molar-refractivity contribution in [1.82, 2.24) is 10.6 Å². The summed E-state index contributed by atoms with van der Waals surface area (Å²) in [5.41, 5.74) is 0.907. The molecule has 1 aromatic carbocycles. The third kappa shape index (κ3) is 7.61. The van der Waals surface area contributed by atoms with Crippen LogP contribution in [-0.4, -0.2) is 52.0 Å². The van der Waals surface area contributed by atoms with Crippen LogP contribution in [0.15, 0.2) is 30.3 Å². The first-order valence-electron chi connectivity index (χ1n) is 6.89. The van der Waals surface area contributed by atoms with E-state index in [0.29, 0.717) is 13.2 Å². The van der Waals surface area contributed by atoms with Crippen LogP contribution in [-0.2, 0) is 25.6 Å². The fourth-order valence-corrected chi connectivity index (χ4v) is 1.70. The zero-order valence-electron chi connectivity index (χ0n) is 12.8. The Balaban J connectivity index is 2.31. The summed E-state index contributed by atoms with van der Waals surface area (Å²) in [6, 6.07) is 9.08. The topological polar surface area (TPSA) is 85.9 Å². The van der Waals surface area contributed by atoms with Gasteiger partial charge < -0.3 is 24.8 Å². The number of carbonyl (C=O) groups is 2. The number of hydrogen-bond acceptors (Lipinski definition) is 6. The molecule has 1 atom stereocenters. The minimum atomic E-state index is -0.536. The minimum absolute atomic E-state index is 0.0669. The lowest BCUT2D eigenvalue weighted by atomic mass is 10.2. The number of hydrogen-bond donors (Lipinski definition) is 2. The van der Waals surface area contributed by atoms with Crippen molar-refractivity contribution in [1.29, 1.82) is 0 Å². The Morgan fingerprint density at radius 3 is 2.55 bits per heavy atom. The second-order valence-electron chi connectivity index (χ2n) is 4.57. The molecule has 0 fully saturated rings. The van der Waals surface area contributed by atoms with E-state index in [1.165, 1.54) is 14.2 Å². The number of carbonyl (C=O) groups excluding carboxylic acids is 2. The Morgan fingerprint density at radius 2 is 1.91 bits per heavy atom. The molecule has 7 heteroatoms. The molecule has 0 radical (unpaired) electrons. The van der Waals surface area contributed by atoms with Crippen molar-refractivity contribution in [2.75, 3.05) is 33.9 Å².